The summed E-state index contributed by atoms with van der Waals surface area (Å²) in [6.07, 6.45) is 0.992. The first-order chi connectivity index (χ1) is 26.4. The molecule has 2 aliphatic heterocycles. The Labute approximate surface area is 332 Å². The Balaban J connectivity index is 1.82. The van der Waals surface area contributed by atoms with Crippen molar-refractivity contribution in [2.45, 2.75) is 160 Å². The first-order valence-corrected chi connectivity index (χ1v) is 20.7. The maximum atomic E-state index is 14.8. The second-order valence-corrected chi connectivity index (χ2v) is 17.4. The molecule has 5 N–H and O–H groups in total. The van der Waals surface area contributed by atoms with Crippen LogP contribution in [0.3, 0.4) is 0 Å². The highest BCUT2D eigenvalue weighted by Crippen LogP contribution is 2.49. The summed E-state index contributed by atoms with van der Waals surface area (Å²) < 4.78 is 23.3. The Kier molecular flexibility index (Phi) is 16.2. The van der Waals surface area contributed by atoms with Crippen LogP contribution >= 0.6 is 0 Å². The van der Waals surface area contributed by atoms with Gasteiger partial charge in [-0.05, 0) is 95.6 Å². The second-order valence-electron chi connectivity index (χ2n) is 17.4. The van der Waals surface area contributed by atoms with Crippen LogP contribution in [0.1, 0.15) is 106 Å². The lowest BCUT2D eigenvalue weighted by Gasteiger charge is -2.38. The SMILES string of the molecule is CCC1/C=C(\C)C[C@H](C)C[C@H](OC)[C@@H](O)[C@@H](OC)CC(C)C2(O)C(=O)C3NCCCC3(C(=O)O[C@H](/C(C)=C/[C@@H]3CC[C@@H](O)[C@H](OC)C3)[C@H](C)[C@@H](O)CC1=O)C2=O. The number of nitrogens with one attached hydrogen (secondary N) is 1. The smallest absolute Gasteiger partial charge is 0.322 e. The van der Waals surface area contributed by atoms with E-state index in [1.807, 2.05) is 32.9 Å². The number of aliphatic hydroxyl groups is 4. The van der Waals surface area contributed by atoms with Gasteiger partial charge in [0.25, 0.3) is 0 Å². The van der Waals surface area contributed by atoms with E-state index in [0.717, 1.165) is 5.57 Å². The quantitative estimate of drug-likeness (QED) is 0.149. The van der Waals surface area contributed by atoms with Crippen LogP contribution in [0, 0.1) is 35.0 Å². The number of allylic oxidation sites excluding steroid dienone is 3. The maximum Gasteiger partial charge on any atom is 0.322 e. The molecule has 2 heterocycles. The molecule has 0 aromatic heterocycles. The lowest BCUT2D eigenvalue weighted by molar-refractivity contribution is -0.172. The molecule has 0 amide bonds. The molecule has 0 aromatic rings. The van der Waals surface area contributed by atoms with E-state index in [9.17, 15) is 39.6 Å². The van der Waals surface area contributed by atoms with Crippen LogP contribution in [0.2, 0.25) is 0 Å². The number of carbonyl (C=O) groups excluding carboxylic acids is 4. The zero-order valence-corrected chi connectivity index (χ0v) is 35.0. The number of piperidine rings is 1. The highest BCUT2D eigenvalue weighted by molar-refractivity contribution is 6.28. The van der Waals surface area contributed by atoms with E-state index in [-0.39, 0.29) is 43.0 Å². The first-order valence-electron chi connectivity index (χ1n) is 20.7. The fourth-order valence-corrected chi connectivity index (χ4v) is 9.93. The highest BCUT2D eigenvalue weighted by atomic mass is 16.5. The normalized spacial score (nSPS) is 44.0. The van der Waals surface area contributed by atoms with E-state index in [4.69, 9.17) is 18.9 Å². The Bertz CT molecular complexity index is 1460. The van der Waals surface area contributed by atoms with Crippen LogP contribution in [0.4, 0.5) is 0 Å². The van der Waals surface area contributed by atoms with Crippen LogP contribution in [-0.4, -0.2) is 126 Å². The van der Waals surface area contributed by atoms with Gasteiger partial charge in [0.1, 0.15) is 18.0 Å². The van der Waals surface area contributed by atoms with Crippen molar-refractivity contribution < 1.29 is 58.6 Å². The van der Waals surface area contributed by atoms with Gasteiger partial charge >= 0.3 is 5.97 Å². The number of ketones is 3. The topological polar surface area (TPSA) is 198 Å². The van der Waals surface area contributed by atoms with Gasteiger partial charge in [-0.15, -0.1) is 0 Å². The molecule has 318 valence electrons. The molecule has 56 heavy (non-hydrogen) atoms. The summed E-state index contributed by atoms with van der Waals surface area (Å²) in [5, 5.41) is 49.0. The van der Waals surface area contributed by atoms with Gasteiger partial charge in [0.2, 0.25) is 0 Å². The summed E-state index contributed by atoms with van der Waals surface area (Å²) in [4.78, 5) is 57.6. The van der Waals surface area contributed by atoms with Gasteiger partial charge in [0, 0.05) is 45.5 Å². The molecule has 4 rings (SSSR count). The van der Waals surface area contributed by atoms with Crippen LogP contribution in [0.15, 0.2) is 23.3 Å². The molecule has 1 spiro atoms. The van der Waals surface area contributed by atoms with Crippen molar-refractivity contribution >= 4 is 23.3 Å². The van der Waals surface area contributed by atoms with E-state index < -0.39 is 89.0 Å². The number of Topliss-reactive ketones (excluding diaryl/α,β-unsaturated/α-hetero) is 3. The van der Waals surface area contributed by atoms with Crippen molar-refractivity contribution in [1.29, 1.82) is 0 Å². The molecule has 1 saturated heterocycles. The average Bonchev–Trinajstić information content (AvgIpc) is 3.35. The lowest BCUT2D eigenvalue weighted by atomic mass is 9.72. The minimum Gasteiger partial charge on any atom is -0.457 e. The Morgan fingerprint density at radius 1 is 0.929 bits per heavy atom. The number of rotatable bonds is 6. The van der Waals surface area contributed by atoms with Crippen molar-refractivity contribution in [3.8, 4) is 0 Å². The van der Waals surface area contributed by atoms with Gasteiger partial charge in [0.15, 0.2) is 22.6 Å². The Morgan fingerprint density at radius 2 is 1.57 bits per heavy atom. The first kappa shape index (κ1) is 46.3. The van der Waals surface area contributed by atoms with Crippen LogP contribution < -0.4 is 5.32 Å². The van der Waals surface area contributed by atoms with Gasteiger partial charge in [-0.2, -0.15) is 0 Å². The number of ether oxygens (including phenoxy) is 4. The fourth-order valence-electron chi connectivity index (χ4n) is 9.93. The lowest BCUT2D eigenvalue weighted by Crippen LogP contribution is -2.57. The number of fused-ring (bicyclic) bond motifs is 1. The van der Waals surface area contributed by atoms with E-state index in [2.05, 4.69) is 5.32 Å². The summed E-state index contributed by atoms with van der Waals surface area (Å²) in [5.41, 5.74) is -3.09. The fraction of sp³-hybridized carbons (Fsp3) is 0.814. The highest BCUT2D eigenvalue weighted by Gasteiger charge is 2.73. The molecular weight excluding hydrogens is 722 g/mol. The molecule has 0 radical (unpaired) electrons. The third kappa shape index (κ3) is 9.41. The molecule has 15 atom stereocenters. The third-order valence-electron chi connectivity index (χ3n) is 13.4. The molecular formula is C43H69NO12. The molecule has 3 fully saturated rings. The number of aliphatic hydroxyl groups excluding tert-OH is 3. The van der Waals surface area contributed by atoms with E-state index in [1.54, 1.807) is 27.9 Å². The van der Waals surface area contributed by atoms with Crippen molar-refractivity contribution in [3.63, 3.8) is 0 Å². The number of cyclic esters (lactones) is 1. The second kappa shape index (κ2) is 19.6. The number of hydrogen-bond acceptors (Lipinski definition) is 13. The predicted octanol–water partition coefficient (Wildman–Crippen LogP) is 3.42. The third-order valence-corrected chi connectivity index (χ3v) is 13.4. The van der Waals surface area contributed by atoms with Crippen molar-refractivity contribution in [2.75, 3.05) is 27.9 Å². The van der Waals surface area contributed by atoms with Gasteiger partial charge in [0.05, 0.1) is 36.6 Å². The number of hydrogen-bond donors (Lipinski definition) is 5. The molecule has 2 bridgehead atoms. The summed E-state index contributed by atoms with van der Waals surface area (Å²) in [7, 11) is 4.44. The van der Waals surface area contributed by atoms with Crippen LogP contribution in [0.5, 0.6) is 0 Å². The van der Waals surface area contributed by atoms with Gasteiger partial charge < -0.3 is 44.7 Å². The molecule has 4 aliphatic rings. The molecule has 13 nitrogen and oxygen atoms in total. The minimum absolute atomic E-state index is 0.0228. The molecule has 5 unspecified atom stereocenters. The van der Waals surface area contributed by atoms with E-state index in [1.165, 1.54) is 14.2 Å². The van der Waals surface area contributed by atoms with Crippen molar-refractivity contribution in [1.82, 2.24) is 5.32 Å². The molecule has 0 aromatic carbocycles. The van der Waals surface area contributed by atoms with Gasteiger partial charge in [-0.25, -0.2) is 0 Å². The minimum atomic E-state index is -2.60. The van der Waals surface area contributed by atoms with Crippen LogP contribution in [0.25, 0.3) is 0 Å². The van der Waals surface area contributed by atoms with Crippen LogP contribution in [-0.2, 0) is 38.1 Å². The molecule has 2 saturated carbocycles. The zero-order chi connectivity index (χ0) is 41.7. The average molecular weight is 792 g/mol. The molecule has 13 heteroatoms. The summed E-state index contributed by atoms with van der Waals surface area (Å²) in [6.45, 7) is 11.2. The monoisotopic (exact) mass is 791 g/mol. The molecule has 2 aliphatic carbocycles. The van der Waals surface area contributed by atoms with Crippen molar-refractivity contribution in [2.24, 2.45) is 35.0 Å². The van der Waals surface area contributed by atoms with Gasteiger partial charge in [-0.3, -0.25) is 19.2 Å². The number of carbonyl (C=O) groups is 4. The Hall–Kier alpha value is -2.36. The zero-order valence-electron chi connectivity index (χ0n) is 35.0. The van der Waals surface area contributed by atoms with E-state index in [0.29, 0.717) is 57.1 Å². The number of methoxy groups -OCH3 is 3. The summed E-state index contributed by atoms with van der Waals surface area (Å²) in [5.74, 6) is -5.33. The summed E-state index contributed by atoms with van der Waals surface area (Å²) >= 11 is 0. The maximum absolute atomic E-state index is 14.8. The van der Waals surface area contributed by atoms with Gasteiger partial charge in [-0.1, -0.05) is 45.4 Å². The van der Waals surface area contributed by atoms with Crippen molar-refractivity contribution in [3.05, 3.63) is 23.3 Å². The Morgan fingerprint density at radius 3 is 2.20 bits per heavy atom. The summed E-state index contributed by atoms with van der Waals surface area (Å²) in [6, 6.07) is -1.37. The number of esters is 1. The van der Waals surface area contributed by atoms with E-state index >= 15 is 0 Å². The predicted molar refractivity (Wildman–Crippen MR) is 208 cm³/mol. The standard InChI is InChI=1S/C43H69NO12/c1-10-29-17-23(2)16-24(3)18-34(54-8)36(48)35(55-9)20-26(5)43(52)39(49)38-42(40(43)50,14-11-15-44-38)41(51)56-37(27(6)31(46)22-32(29)47)25(4)19-28-12-13-30(45)33(21-28)53-7/h17,19,24,26-31,33-38,44-46,48,52H,10-16,18,20-22H2,1-9H3/b23-17+,25-19+/t24-,26?,27+,28-,29?,30+,31-,33+,34-,35-,36+,37+,38?,42?,43?/m0/s1. The largest absolute Gasteiger partial charge is 0.457 e.